The van der Waals surface area contributed by atoms with Gasteiger partial charge in [-0.3, -0.25) is 14.6 Å². The third-order valence-corrected chi connectivity index (χ3v) is 7.01. The Hall–Kier alpha value is -3.87. The van der Waals surface area contributed by atoms with E-state index in [4.69, 9.17) is 9.47 Å². The Morgan fingerprint density at radius 1 is 1.14 bits per heavy atom. The van der Waals surface area contributed by atoms with Crippen molar-refractivity contribution >= 4 is 22.0 Å². The lowest BCUT2D eigenvalue weighted by atomic mass is 10.1. The highest BCUT2D eigenvalue weighted by atomic mass is 32.2. The van der Waals surface area contributed by atoms with Crippen LogP contribution in [0, 0.1) is 6.92 Å². The Morgan fingerprint density at radius 2 is 1.84 bits per heavy atom. The van der Waals surface area contributed by atoms with Crippen LogP contribution in [0.2, 0.25) is 0 Å². The van der Waals surface area contributed by atoms with Crippen molar-refractivity contribution in [1.82, 2.24) is 30.0 Å². The molecule has 0 aliphatic carbocycles. The molecule has 1 N–H and O–H groups in total. The number of aldehydes is 1. The average molecular weight is 531 g/mol. The zero-order chi connectivity index (χ0) is 27.4. The maximum atomic E-state index is 13.1. The van der Waals surface area contributed by atoms with E-state index >= 15 is 0 Å². The minimum Gasteiger partial charge on any atom is -0.477 e. The first-order valence-corrected chi connectivity index (χ1v) is 13.2. The number of pyridine rings is 1. The van der Waals surface area contributed by atoms with Crippen LogP contribution in [0.1, 0.15) is 66.7 Å². The smallest absolute Gasteiger partial charge is 0.272 e. The van der Waals surface area contributed by atoms with Crippen LogP contribution in [-0.2, 0) is 21.9 Å². The van der Waals surface area contributed by atoms with Crippen LogP contribution in [0.5, 0.6) is 17.6 Å². The first kappa shape index (κ1) is 27.7. The third kappa shape index (κ3) is 6.10. The molecule has 37 heavy (non-hydrogen) atoms. The second-order valence-corrected chi connectivity index (χ2v) is 11.3. The van der Waals surface area contributed by atoms with Crippen LogP contribution in [-0.4, -0.2) is 57.7 Å². The second kappa shape index (κ2) is 11.0. The number of hydrogen-bond acceptors (Lipinski definition) is 10. The monoisotopic (exact) mass is 530 g/mol. The van der Waals surface area contributed by atoms with Gasteiger partial charge in [-0.15, -0.1) is 0 Å². The van der Waals surface area contributed by atoms with Gasteiger partial charge in [-0.25, -0.2) is 23.1 Å². The number of aromatic nitrogens is 5. The minimum atomic E-state index is -3.36. The van der Waals surface area contributed by atoms with Crippen molar-refractivity contribution in [2.75, 3.05) is 12.4 Å². The van der Waals surface area contributed by atoms with Gasteiger partial charge in [0.05, 0.1) is 35.0 Å². The lowest BCUT2D eigenvalue weighted by molar-refractivity contribution is 0.0943. The predicted molar refractivity (Wildman–Crippen MR) is 134 cm³/mol. The standard InChI is InChI=1S/C24H30N6O6S/c1-7-35-21-18(13-31)22(28-14-27-21)36-23-15(3)19(29-30(23)24(4,5)6)20(32)26-11-16-9-10-17(12-25-16)37(33,34)8-2/h9-10,12-14H,7-8,11H2,1-6H3,(H,26,32). The minimum absolute atomic E-state index is 0.0266. The molecule has 3 rings (SSSR count). The molecular weight excluding hydrogens is 500 g/mol. The van der Waals surface area contributed by atoms with Crippen molar-refractivity contribution in [2.45, 2.75) is 58.5 Å². The molecule has 0 bridgehead atoms. The molecule has 0 saturated heterocycles. The predicted octanol–water partition coefficient (Wildman–Crippen LogP) is 2.86. The van der Waals surface area contributed by atoms with E-state index in [1.807, 2.05) is 20.8 Å². The Morgan fingerprint density at radius 3 is 2.41 bits per heavy atom. The van der Waals surface area contributed by atoms with Crippen LogP contribution in [0.25, 0.3) is 0 Å². The van der Waals surface area contributed by atoms with E-state index in [9.17, 15) is 18.0 Å². The Bertz CT molecular complexity index is 1390. The largest absolute Gasteiger partial charge is 0.477 e. The van der Waals surface area contributed by atoms with Gasteiger partial charge in [0.2, 0.25) is 17.6 Å². The summed E-state index contributed by atoms with van der Waals surface area (Å²) in [5.74, 6) is -0.216. The second-order valence-electron chi connectivity index (χ2n) is 8.98. The first-order valence-electron chi connectivity index (χ1n) is 11.6. The summed E-state index contributed by atoms with van der Waals surface area (Å²) in [6.45, 7) is 11.0. The van der Waals surface area contributed by atoms with Gasteiger partial charge < -0.3 is 14.8 Å². The number of amides is 1. The van der Waals surface area contributed by atoms with E-state index in [1.54, 1.807) is 26.8 Å². The fourth-order valence-corrected chi connectivity index (χ4v) is 4.10. The summed E-state index contributed by atoms with van der Waals surface area (Å²) in [5.41, 5.74) is 0.474. The lowest BCUT2D eigenvalue weighted by Gasteiger charge is -2.22. The molecule has 0 aromatic carbocycles. The van der Waals surface area contributed by atoms with Crippen molar-refractivity contribution in [2.24, 2.45) is 0 Å². The topological polar surface area (TPSA) is 155 Å². The molecular formula is C24H30N6O6S. The van der Waals surface area contributed by atoms with E-state index in [-0.39, 0.29) is 46.1 Å². The SMILES string of the molecule is CCOc1ncnc(Oc2c(C)c(C(=O)NCc3ccc(S(=O)(=O)CC)cn3)nn2C(C)(C)C)c1C=O. The fraction of sp³-hybridized carbons (Fsp3) is 0.417. The van der Waals surface area contributed by atoms with Gasteiger partial charge in [0.1, 0.15) is 11.9 Å². The number of carbonyl (C=O) groups is 2. The number of ether oxygens (including phenoxy) is 2. The molecule has 0 spiro atoms. The van der Waals surface area contributed by atoms with Crippen LogP contribution in [0.15, 0.2) is 29.6 Å². The molecule has 3 heterocycles. The number of hydrogen-bond donors (Lipinski definition) is 1. The molecule has 13 heteroatoms. The molecule has 0 aliphatic heterocycles. The van der Waals surface area contributed by atoms with Gasteiger partial charge in [-0.2, -0.15) is 5.10 Å². The molecule has 12 nitrogen and oxygen atoms in total. The third-order valence-electron chi connectivity index (χ3n) is 5.29. The number of nitrogens with zero attached hydrogens (tertiary/aromatic N) is 5. The van der Waals surface area contributed by atoms with Crippen molar-refractivity contribution in [1.29, 1.82) is 0 Å². The average Bonchev–Trinajstić information content (AvgIpc) is 3.19. The number of rotatable bonds is 10. The number of carbonyl (C=O) groups excluding carboxylic acids is 2. The molecule has 0 fully saturated rings. The van der Waals surface area contributed by atoms with Crippen LogP contribution >= 0.6 is 0 Å². The van der Waals surface area contributed by atoms with Gasteiger partial charge in [-0.05, 0) is 46.8 Å². The summed E-state index contributed by atoms with van der Waals surface area (Å²) in [6, 6.07) is 3.01. The van der Waals surface area contributed by atoms with Crippen LogP contribution in [0.4, 0.5) is 0 Å². The molecule has 1 amide bonds. The summed E-state index contributed by atoms with van der Waals surface area (Å²) in [5, 5.41) is 7.23. The fourth-order valence-electron chi connectivity index (χ4n) is 3.28. The summed E-state index contributed by atoms with van der Waals surface area (Å²) < 4.78 is 36.9. The van der Waals surface area contributed by atoms with Crippen molar-refractivity contribution in [3.05, 3.63) is 47.2 Å². The molecule has 0 saturated carbocycles. The van der Waals surface area contributed by atoms with E-state index in [1.165, 1.54) is 23.3 Å². The molecule has 0 atom stereocenters. The Kier molecular flexibility index (Phi) is 8.26. The summed E-state index contributed by atoms with van der Waals surface area (Å²) in [6.07, 6.45) is 3.04. The van der Waals surface area contributed by atoms with E-state index < -0.39 is 21.3 Å². The Labute approximate surface area is 215 Å². The van der Waals surface area contributed by atoms with E-state index in [2.05, 4.69) is 25.4 Å². The highest BCUT2D eigenvalue weighted by Gasteiger charge is 2.29. The molecule has 0 radical (unpaired) electrons. The lowest BCUT2D eigenvalue weighted by Crippen LogP contribution is -2.27. The van der Waals surface area contributed by atoms with Gasteiger partial charge in [0, 0.05) is 11.8 Å². The van der Waals surface area contributed by atoms with Crippen LogP contribution in [0.3, 0.4) is 0 Å². The van der Waals surface area contributed by atoms with Crippen LogP contribution < -0.4 is 14.8 Å². The molecule has 198 valence electrons. The Balaban J connectivity index is 1.89. The van der Waals surface area contributed by atoms with Gasteiger partial charge >= 0.3 is 0 Å². The highest BCUT2D eigenvalue weighted by molar-refractivity contribution is 7.91. The molecule has 0 unspecified atom stereocenters. The summed E-state index contributed by atoms with van der Waals surface area (Å²) in [7, 11) is -3.36. The van der Waals surface area contributed by atoms with E-state index in [0.29, 0.717) is 24.2 Å². The zero-order valence-electron chi connectivity index (χ0n) is 21.6. The first-order chi connectivity index (χ1) is 17.4. The summed E-state index contributed by atoms with van der Waals surface area (Å²) >= 11 is 0. The zero-order valence-corrected chi connectivity index (χ0v) is 22.4. The molecule has 0 aliphatic rings. The molecule has 3 aromatic rings. The van der Waals surface area contributed by atoms with Crippen molar-refractivity contribution < 1.29 is 27.5 Å². The van der Waals surface area contributed by atoms with Gasteiger partial charge in [0.25, 0.3) is 5.91 Å². The van der Waals surface area contributed by atoms with Gasteiger partial charge in [0.15, 0.2) is 21.8 Å². The maximum Gasteiger partial charge on any atom is 0.272 e. The molecule has 3 aromatic heterocycles. The quantitative estimate of drug-likeness (QED) is 0.387. The number of nitrogens with one attached hydrogen (secondary N) is 1. The maximum absolute atomic E-state index is 13.1. The van der Waals surface area contributed by atoms with Gasteiger partial charge in [-0.1, -0.05) is 6.92 Å². The van der Waals surface area contributed by atoms with Crippen molar-refractivity contribution in [3.8, 4) is 17.6 Å². The van der Waals surface area contributed by atoms with E-state index in [0.717, 1.165) is 0 Å². The highest BCUT2D eigenvalue weighted by Crippen LogP contribution is 2.34. The summed E-state index contributed by atoms with van der Waals surface area (Å²) in [4.78, 5) is 37.1. The normalized spacial score (nSPS) is 11.7. The van der Waals surface area contributed by atoms with Crippen molar-refractivity contribution in [3.63, 3.8) is 0 Å². The number of sulfone groups is 1.